The zero-order valence-electron chi connectivity index (χ0n) is 14.4. The first kappa shape index (κ1) is 16.6. The molecule has 0 radical (unpaired) electrons. The summed E-state index contributed by atoms with van der Waals surface area (Å²) in [6.07, 6.45) is 2.35. The number of rotatable bonds is 3. The third kappa shape index (κ3) is 3.48. The largest absolute Gasteiger partial charge is 0.354 e. The highest BCUT2D eigenvalue weighted by atomic mass is 16.5. The predicted octanol–water partition coefficient (Wildman–Crippen LogP) is 3.69. The number of nitrogens with zero attached hydrogens (tertiary/aromatic N) is 3. The second kappa shape index (κ2) is 6.72. The monoisotopic (exact) mass is 321 g/mol. The van der Waals surface area contributed by atoms with Gasteiger partial charge in [-0.25, -0.2) is 0 Å². The Hall–Kier alpha value is -2.22. The van der Waals surface area contributed by atoms with Gasteiger partial charge in [-0.3, -0.25) is 9.88 Å². The van der Waals surface area contributed by atoms with Crippen LogP contribution in [0, 0.1) is 11.3 Å². The molecule has 0 amide bonds. The fraction of sp³-hybridized carbons (Fsp3) is 0.400. The molecule has 124 valence electrons. The Morgan fingerprint density at radius 2 is 1.96 bits per heavy atom. The average Bonchev–Trinajstić information content (AvgIpc) is 3.00. The van der Waals surface area contributed by atoms with E-state index >= 15 is 0 Å². The molecule has 0 spiro atoms. The van der Waals surface area contributed by atoms with Crippen LogP contribution >= 0.6 is 0 Å². The van der Waals surface area contributed by atoms with Gasteiger partial charge >= 0.3 is 0 Å². The summed E-state index contributed by atoms with van der Waals surface area (Å²) in [4.78, 5) is 6.75. The van der Waals surface area contributed by atoms with E-state index in [1.807, 2.05) is 24.3 Å². The normalized spacial score (nSPS) is 21.6. The van der Waals surface area contributed by atoms with Crippen LogP contribution in [0.1, 0.15) is 43.8 Å². The molecule has 1 saturated heterocycles. The molecule has 1 aliphatic heterocycles. The number of hydrogen-bond donors (Lipinski definition) is 0. The smallest absolute Gasteiger partial charge is 0.137 e. The first-order chi connectivity index (χ1) is 11.5. The van der Waals surface area contributed by atoms with E-state index in [9.17, 15) is 5.26 Å². The molecule has 2 unspecified atom stereocenters. The van der Waals surface area contributed by atoms with Gasteiger partial charge in [0.2, 0.25) is 0 Å². The van der Waals surface area contributed by atoms with Crippen molar-refractivity contribution < 1.29 is 4.74 Å². The van der Waals surface area contributed by atoms with Crippen molar-refractivity contribution in [3.8, 4) is 6.07 Å². The van der Waals surface area contributed by atoms with Crippen molar-refractivity contribution in [3.63, 3.8) is 0 Å². The zero-order valence-corrected chi connectivity index (χ0v) is 14.4. The number of ether oxygens (including phenoxy) is 1. The van der Waals surface area contributed by atoms with E-state index in [1.165, 1.54) is 0 Å². The Labute approximate surface area is 143 Å². The molecule has 0 N–H and O–H groups in total. The number of benzene rings is 1. The molecule has 0 saturated carbocycles. The lowest BCUT2D eigenvalue weighted by atomic mass is 10.0. The average molecular weight is 321 g/mol. The third-order valence-electron chi connectivity index (χ3n) is 4.38. The highest BCUT2D eigenvalue weighted by molar-refractivity contribution is 5.33. The van der Waals surface area contributed by atoms with E-state index in [0.29, 0.717) is 12.0 Å². The van der Waals surface area contributed by atoms with Gasteiger partial charge in [-0.1, -0.05) is 30.3 Å². The summed E-state index contributed by atoms with van der Waals surface area (Å²) in [5.74, 6) is 0. The molecule has 1 aromatic heterocycles. The molecular weight excluding hydrogens is 298 g/mol. The van der Waals surface area contributed by atoms with Crippen LogP contribution in [0.15, 0.2) is 48.7 Å². The Morgan fingerprint density at radius 3 is 2.62 bits per heavy atom. The van der Waals surface area contributed by atoms with Gasteiger partial charge in [0.1, 0.15) is 12.3 Å². The number of nitriles is 1. The summed E-state index contributed by atoms with van der Waals surface area (Å²) in [6.45, 7) is 7.44. The second-order valence-electron chi connectivity index (χ2n) is 7.16. The van der Waals surface area contributed by atoms with E-state index in [1.54, 1.807) is 12.3 Å². The maximum Gasteiger partial charge on any atom is 0.137 e. The number of pyridine rings is 1. The van der Waals surface area contributed by atoms with Gasteiger partial charge in [0.15, 0.2) is 0 Å². The zero-order chi connectivity index (χ0) is 17.2. The van der Waals surface area contributed by atoms with Crippen LogP contribution in [0.5, 0.6) is 0 Å². The molecule has 24 heavy (non-hydrogen) atoms. The van der Waals surface area contributed by atoms with Gasteiger partial charge in [0.05, 0.1) is 17.4 Å². The van der Waals surface area contributed by atoms with Crippen molar-refractivity contribution in [2.24, 2.45) is 0 Å². The van der Waals surface area contributed by atoms with Crippen molar-refractivity contribution in [3.05, 3.63) is 65.5 Å². The Morgan fingerprint density at radius 1 is 1.21 bits per heavy atom. The lowest BCUT2D eigenvalue weighted by Gasteiger charge is -2.35. The predicted molar refractivity (Wildman–Crippen MR) is 93.2 cm³/mol. The number of hydrogen-bond acceptors (Lipinski definition) is 4. The van der Waals surface area contributed by atoms with Crippen LogP contribution < -0.4 is 0 Å². The molecule has 2 aromatic rings. The van der Waals surface area contributed by atoms with Gasteiger partial charge in [-0.15, -0.1) is 0 Å². The maximum absolute atomic E-state index is 9.26. The van der Waals surface area contributed by atoms with Gasteiger partial charge in [0, 0.05) is 24.7 Å². The quantitative estimate of drug-likeness (QED) is 0.865. The number of aromatic nitrogens is 1. The minimum atomic E-state index is -0.0644. The third-order valence-corrected chi connectivity index (χ3v) is 4.38. The van der Waals surface area contributed by atoms with E-state index in [0.717, 1.165) is 17.8 Å². The topological polar surface area (TPSA) is 49.2 Å². The Kier molecular flexibility index (Phi) is 4.66. The van der Waals surface area contributed by atoms with Crippen molar-refractivity contribution >= 4 is 0 Å². The van der Waals surface area contributed by atoms with Crippen LogP contribution in [0.25, 0.3) is 0 Å². The van der Waals surface area contributed by atoms with E-state index < -0.39 is 0 Å². The highest BCUT2D eigenvalue weighted by Crippen LogP contribution is 2.36. The lowest BCUT2D eigenvalue weighted by Crippen LogP contribution is -2.41. The van der Waals surface area contributed by atoms with Crippen molar-refractivity contribution in [1.29, 1.82) is 5.26 Å². The summed E-state index contributed by atoms with van der Waals surface area (Å²) in [6, 6.07) is 16.1. The van der Waals surface area contributed by atoms with Crippen LogP contribution in [-0.4, -0.2) is 28.1 Å². The summed E-state index contributed by atoms with van der Waals surface area (Å²) in [7, 11) is 0. The minimum absolute atomic E-state index is 0.00255. The molecular formula is C20H23N3O. The highest BCUT2D eigenvalue weighted by Gasteiger charge is 2.40. The van der Waals surface area contributed by atoms with E-state index in [-0.39, 0.29) is 17.9 Å². The molecule has 3 rings (SSSR count). The molecule has 0 aliphatic carbocycles. The van der Waals surface area contributed by atoms with Crippen LogP contribution in [0.3, 0.4) is 0 Å². The SMILES string of the molecule is CC(C)(C)N1CC(Cc2ncccc2C#N)OC1c1ccccc1. The molecule has 1 aliphatic rings. The fourth-order valence-corrected chi connectivity index (χ4v) is 3.15. The molecule has 0 bridgehead atoms. The van der Waals surface area contributed by atoms with Gasteiger partial charge in [-0.2, -0.15) is 5.26 Å². The molecule has 2 heterocycles. The molecule has 1 aromatic carbocycles. The summed E-state index contributed by atoms with van der Waals surface area (Å²) in [5.41, 5.74) is 2.60. The van der Waals surface area contributed by atoms with Gasteiger partial charge < -0.3 is 4.74 Å². The minimum Gasteiger partial charge on any atom is -0.354 e. The first-order valence-electron chi connectivity index (χ1n) is 8.30. The van der Waals surface area contributed by atoms with E-state index in [2.05, 4.69) is 48.9 Å². The lowest BCUT2D eigenvalue weighted by molar-refractivity contribution is -0.0312. The van der Waals surface area contributed by atoms with E-state index in [4.69, 9.17) is 4.74 Å². The van der Waals surface area contributed by atoms with Crippen molar-refractivity contribution in [1.82, 2.24) is 9.88 Å². The van der Waals surface area contributed by atoms with Crippen LogP contribution in [0.4, 0.5) is 0 Å². The molecule has 4 nitrogen and oxygen atoms in total. The molecule has 4 heteroatoms. The van der Waals surface area contributed by atoms with Gasteiger partial charge in [0.25, 0.3) is 0 Å². The first-order valence-corrected chi connectivity index (χ1v) is 8.30. The summed E-state index contributed by atoms with van der Waals surface area (Å²) < 4.78 is 6.37. The Balaban J connectivity index is 1.84. The van der Waals surface area contributed by atoms with Crippen molar-refractivity contribution in [2.45, 2.75) is 45.1 Å². The van der Waals surface area contributed by atoms with Crippen LogP contribution in [0.2, 0.25) is 0 Å². The molecule has 1 fully saturated rings. The van der Waals surface area contributed by atoms with Crippen molar-refractivity contribution in [2.75, 3.05) is 6.54 Å². The standard InChI is InChI=1S/C20H23N3O/c1-20(2,3)23-14-17(12-18-16(13-21)10-7-11-22-18)24-19(23)15-8-5-4-6-9-15/h4-11,17,19H,12,14H2,1-3H3. The fourth-order valence-electron chi connectivity index (χ4n) is 3.15. The Bertz CT molecular complexity index is 731. The van der Waals surface area contributed by atoms with Crippen LogP contribution in [-0.2, 0) is 11.2 Å². The van der Waals surface area contributed by atoms with Gasteiger partial charge in [-0.05, 0) is 38.5 Å². The maximum atomic E-state index is 9.26. The summed E-state index contributed by atoms with van der Waals surface area (Å²) >= 11 is 0. The second-order valence-corrected chi connectivity index (χ2v) is 7.16. The summed E-state index contributed by atoms with van der Waals surface area (Å²) in [5, 5.41) is 9.26. The molecule has 2 atom stereocenters.